The van der Waals surface area contributed by atoms with E-state index in [4.69, 9.17) is 11.6 Å². The third-order valence-electron chi connectivity index (χ3n) is 4.33. The third-order valence-corrected chi connectivity index (χ3v) is 4.58. The lowest BCUT2D eigenvalue weighted by atomic mass is 10.0. The van der Waals surface area contributed by atoms with E-state index in [0.29, 0.717) is 17.4 Å². The van der Waals surface area contributed by atoms with Gasteiger partial charge in [0.2, 0.25) is 0 Å². The number of carbonyl (C=O) groups is 1. The molecule has 4 rings (SSSR count). The molecule has 28 heavy (non-hydrogen) atoms. The summed E-state index contributed by atoms with van der Waals surface area (Å²) in [6.45, 7) is 0.617. The van der Waals surface area contributed by atoms with Gasteiger partial charge in [-0.2, -0.15) is 4.68 Å². The fraction of sp³-hybridized carbons (Fsp3) is 0.100. The average Bonchev–Trinajstić information content (AvgIpc) is 3.20. The number of fused-ring (bicyclic) bond motifs is 1. The number of halogens is 1. The SMILES string of the molecule is O=C(NCc1cccc2ccccc12)NCc1nnnn1-c1ccc(Cl)cc1. The molecular formula is C20H17ClN6O. The first-order valence-corrected chi connectivity index (χ1v) is 9.10. The second-order valence-corrected chi connectivity index (χ2v) is 6.59. The van der Waals surface area contributed by atoms with Gasteiger partial charge in [0, 0.05) is 11.6 Å². The number of carbonyl (C=O) groups excluding carboxylic acids is 1. The molecule has 2 amide bonds. The highest BCUT2D eigenvalue weighted by Gasteiger charge is 2.10. The lowest BCUT2D eigenvalue weighted by Gasteiger charge is -2.10. The van der Waals surface area contributed by atoms with Gasteiger partial charge in [0.25, 0.3) is 0 Å². The summed E-state index contributed by atoms with van der Waals surface area (Å²) >= 11 is 5.91. The molecule has 0 saturated heterocycles. The summed E-state index contributed by atoms with van der Waals surface area (Å²) in [4.78, 5) is 12.2. The number of hydrogen-bond acceptors (Lipinski definition) is 4. The van der Waals surface area contributed by atoms with Crippen LogP contribution < -0.4 is 10.6 Å². The van der Waals surface area contributed by atoms with Crippen molar-refractivity contribution in [3.05, 3.63) is 83.1 Å². The topological polar surface area (TPSA) is 84.7 Å². The summed E-state index contributed by atoms with van der Waals surface area (Å²) in [5.74, 6) is 0.516. The van der Waals surface area contributed by atoms with Crippen LogP contribution >= 0.6 is 11.6 Å². The molecule has 2 N–H and O–H groups in total. The highest BCUT2D eigenvalue weighted by atomic mass is 35.5. The van der Waals surface area contributed by atoms with Crippen molar-refractivity contribution in [2.45, 2.75) is 13.1 Å². The minimum Gasteiger partial charge on any atom is -0.334 e. The standard InChI is InChI=1S/C20H17ClN6O/c21-16-8-10-17(11-9-16)27-19(24-25-26-27)13-23-20(28)22-12-15-6-3-5-14-4-1-2-7-18(14)15/h1-11H,12-13H2,(H2,22,23,28). The zero-order valence-corrected chi connectivity index (χ0v) is 15.6. The summed E-state index contributed by atoms with van der Waals surface area (Å²) in [5, 5.41) is 20.2. The van der Waals surface area contributed by atoms with Gasteiger partial charge < -0.3 is 10.6 Å². The second kappa shape index (κ2) is 8.06. The number of nitrogens with one attached hydrogen (secondary N) is 2. The van der Waals surface area contributed by atoms with E-state index in [0.717, 1.165) is 22.0 Å². The molecule has 0 radical (unpaired) electrons. The fourth-order valence-electron chi connectivity index (χ4n) is 2.94. The Kier molecular flexibility index (Phi) is 5.16. The van der Waals surface area contributed by atoms with Crippen molar-refractivity contribution in [2.24, 2.45) is 0 Å². The van der Waals surface area contributed by atoms with Gasteiger partial charge in [-0.25, -0.2) is 4.79 Å². The highest BCUT2D eigenvalue weighted by Crippen LogP contribution is 2.18. The Bertz CT molecular complexity index is 1100. The molecule has 8 heteroatoms. The zero-order chi connectivity index (χ0) is 19.3. The maximum atomic E-state index is 12.2. The number of hydrogen-bond donors (Lipinski definition) is 2. The monoisotopic (exact) mass is 392 g/mol. The molecule has 0 aliphatic heterocycles. The Morgan fingerprint density at radius 2 is 1.68 bits per heavy atom. The lowest BCUT2D eigenvalue weighted by Crippen LogP contribution is -2.35. The van der Waals surface area contributed by atoms with Gasteiger partial charge in [-0.1, -0.05) is 54.1 Å². The molecule has 7 nitrogen and oxygen atoms in total. The van der Waals surface area contributed by atoms with Gasteiger partial charge >= 0.3 is 6.03 Å². The van der Waals surface area contributed by atoms with Crippen LogP contribution in [-0.2, 0) is 13.1 Å². The molecule has 4 aromatic rings. The van der Waals surface area contributed by atoms with Crippen molar-refractivity contribution in [1.82, 2.24) is 30.8 Å². The smallest absolute Gasteiger partial charge is 0.315 e. The molecule has 1 aromatic heterocycles. The Morgan fingerprint density at radius 3 is 2.54 bits per heavy atom. The van der Waals surface area contributed by atoms with Crippen LogP contribution in [0.3, 0.4) is 0 Å². The molecule has 140 valence electrons. The van der Waals surface area contributed by atoms with E-state index in [9.17, 15) is 4.79 Å². The number of aromatic nitrogens is 4. The van der Waals surface area contributed by atoms with Crippen LogP contribution in [0.15, 0.2) is 66.7 Å². The van der Waals surface area contributed by atoms with E-state index in [-0.39, 0.29) is 12.6 Å². The minimum absolute atomic E-state index is 0.191. The van der Waals surface area contributed by atoms with Crippen LogP contribution in [0, 0.1) is 0 Å². The predicted octanol–water partition coefficient (Wildman–Crippen LogP) is 3.47. The van der Waals surface area contributed by atoms with Crippen LogP contribution in [0.4, 0.5) is 4.79 Å². The summed E-state index contributed by atoms with van der Waals surface area (Å²) < 4.78 is 1.56. The molecule has 0 bridgehead atoms. The first-order valence-electron chi connectivity index (χ1n) is 8.72. The first-order chi connectivity index (χ1) is 13.7. The molecule has 0 aliphatic rings. The van der Waals surface area contributed by atoms with Crippen LogP contribution in [0.25, 0.3) is 16.5 Å². The number of rotatable bonds is 5. The quantitative estimate of drug-likeness (QED) is 0.544. The van der Waals surface area contributed by atoms with Gasteiger partial charge in [0.1, 0.15) is 0 Å². The second-order valence-electron chi connectivity index (χ2n) is 6.16. The van der Waals surface area contributed by atoms with Crippen molar-refractivity contribution in [3.63, 3.8) is 0 Å². The van der Waals surface area contributed by atoms with Crippen LogP contribution in [-0.4, -0.2) is 26.2 Å². The third kappa shape index (κ3) is 3.94. The summed E-state index contributed by atoms with van der Waals surface area (Å²) in [7, 11) is 0. The molecule has 0 saturated carbocycles. The molecule has 1 heterocycles. The van der Waals surface area contributed by atoms with Crippen LogP contribution in [0.5, 0.6) is 0 Å². The molecule has 0 spiro atoms. The molecule has 0 atom stereocenters. The number of amides is 2. The Labute approximate surface area is 166 Å². The first kappa shape index (κ1) is 17.9. The van der Waals surface area contributed by atoms with E-state index >= 15 is 0 Å². The number of urea groups is 1. The van der Waals surface area contributed by atoms with Crippen molar-refractivity contribution in [2.75, 3.05) is 0 Å². The summed E-state index contributed by atoms with van der Waals surface area (Å²) in [5.41, 5.74) is 1.82. The number of tetrazole rings is 1. The van der Waals surface area contributed by atoms with E-state index in [1.807, 2.05) is 42.5 Å². The van der Waals surface area contributed by atoms with E-state index in [2.05, 4.69) is 38.3 Å². The van der Waals surface area contributed by atoms with E-state index in [1.165, 1.54) is 0 Å². The van der Waals surface area contributed by atoms with Crippen molar-refractivity contribution in [1.29, 1.82) is 0 Å². The normalized spacial score (nSPS) is 10.8. The molecule has 3 aromatic carbocycles. The lowest BCUT2D eigenvalue weighted by molar-refractivity contribution is 0.240. The van der Waals surface area contributed by atoms with Gasteiger partial charge in [0.15, 0.2) is 5.82 Å². The average molecular weight is 393 g/mol. The van der Waals surface area contributed by atoms with Crippen molar-refractivity contribution >= 4 is 28.4 Å². The Morgan fingerprint density at radius 1 is 0.929 bits per heavy atom. The van der Waals surface area contributed by atoms with Crippen LogP contribution in [0.1, 0.15) is 11.4 Å². The van der Waals surface area contributed by atoms with Crippen LogP contribution in [0.2, 0.25) is 5.02 Å². The minimum atomic E-state index is -0.293. The number of benzene rings is 3. The predicted molar refractivity (Wildman–Crippen MR) is 107 cm³/mol. The summed E-state index contributed by atoms with van der Waals surface area (Å²) in [6.07, 6.45) is 0. The molecule has 0 aliphatic carbocycles. The van der Waals surface area contributed by atoms with E-state index in [1.54, 1.807) is 16.8 Å². The van der Waals surface area contributed by atoms with E-state index < -0.39 is 0 Å². The molecule has 0 unspecified atom stereocenters. The van der Waals surface area contributed by atoms with Crippen molar-refractivity contribution in [3.8, 4) is 5.69 Å². The summed E-state index contributed by atoms with van der Waals surface area (Å²) in [6, 6.07) is 21.0. The van der Waals surface area contributed by atoms with Gasteiger partial charge in [0.05, 0.1) is 12.2 Å². The van der Waals surface area contributed by atoms with Crippen molar-refractivity contribution < 1.29 is 4.79 Å². The fourth-order valence-corrected chi connectivity index (χ4v) is 3.07. The van der Waals surface area contributed by atoms with Gasteiger partial charge in [-0.3, -0.25) is 0 Å². The number of nitrogens with zero attached hydrogens (tertiary/aromatic N) is 4. The Balaban J connectivity index is 1.38. The molecular weight excluding hydrogens is 376 g/mol. The maximum absolute atomic E-state index is 12.2. The largest absolute Gasteiger partial charge is 0.334 e. The highest BCUT2D eigenvalue weighted by molar-refractivity contribution is 6.30. The maximum Gasteiger partial charge on any atom is 0.315 e. The Hall–Kier alpha value is -3.45. The van der Waals surface area contributed by atoms with Gasteiger partial charge in [-0.05, 0) is 51.0 Å². The van der Waals surface area contributed by atoms with Gasteiger partial charge in [-0.15, -0.1) is 5.10 Å². The molecule has 0 fully saturated rings. The zero-order valence-electron chi connectivity index (χ0n) is 14.8.